The van der Waals surface area contributed by atoms with Gasteiger partial charge < -0.3 is 5.32 Å². The van der Waals surface area contributed by atoms with Gasteiger partial charge in [0.15, 0.2) is 5.65 Å². The fraction of sp³-hybridized carbons (Fsp3) is 0.350. The molecular formula is C20H24N4OS. The van der Waals surface area contributed by atoms with Gasteiger partial charge in [-0.2, -0.15) is 5.10 Å². The Balaban J connectivity index is 1.52. The van der Waals surface area contributed by atoms with Crippen molar-refractivity contribution >= 4 is 29.0 Å². The Labute approximate surface area is 158 Å². The fourth-order valence-corrected chi connectivity index (χ4v) is 3.63. The number of hydrogen-bond acceptors (Lipinski definition) is 4. The molecule has 0 aliphatic carbocycles. The van der Waals surface area contributed by atoms with E-state index in [9.17, 15) is 4.79 Å². The molecule has 1 N–H and O–H groups in total. The van der Waals surface area contributed by atoms with Gasteiger partial charge in [-0.3, -0.25) is 4.79 Å². The molecule has 0 fully saturated rings. The lowest BCUT2D eigenvalue weighted by atomic mass is 10.2. The third-order valence-electron chi connectivity index (χ3n) is 4.15. The van der Waals surface area contributed by atoms with Crippen LogP contribution in [0.15, 0.2) is 53.8 Å². The van der Waals surface area contributed by atoms with Gasteiger partial charge in [0, 0.05) is 23.0 Å². The summed E-state index contributed by atoms with van der Waals surface area (Å²) in [6.45, 7) is 2.24. The van der Waals surface area contributed by atoms with Crippen molar-refractivity contribution in [1.29, 1.82) is 0 Å². The SMILES string of the molecule is CCCCCCCSc1ccc(NC(=O)c2cnn3cccnc23)cc1. The number of hydrogen-bond donors (Lipinski definition) is 1. The topological polar surface area (TPSA) is 59.3 Å². The Hall–Kier alpha value is -2.34. The molecule has 0 radical (unpaired) electrons. The average Bonchev–Trinajstić information content (AvgIpc) is 3.10. The zero-order chi connectivity index (χ0) is 18.2. The van der Waals surface area contributed by atoms with E-state index in [2.05, 4.69) is 34.5 Å². The summed E-state index contributed by atoms with van der Waals surface area (Å²) in [7, 11) is 0. The van der Waals surface area contributed by atoms with E-state index in [1.807, 2.05) is 23.9 Å². The number of nitrogens with zero attached hydrogens (tertiary/aromatic N) is 3. The van der Waals surface area contributed by atoms with Crippen molar-refractivity contribution in [1.82, 2.24) is 14.6 Å². The lowest BCUT2D eigenvalue weighted by Crippen LogP contribution is -2.11. The number of rotatable bonds is 9. The molecule has 0 aliphatic rings. The van der Waals surface area contributed by atoms with Crippen LogP contribution in [0.1, 0.15) is 49.4 Å². The summed E-state index contributed by atoms with van der Waals surface area (Å²) >= 11 is 1.87. The van der Waals surface area contributed by atoms with Gasteiger partial charge in [0.2, 0.25) is 0 Å². The molecule has 0 saturated carbocycles. The first-order valence-electron chi connectivity index (χ1n) is 9.10. The fourth-order valence-electron chi connectivity index (χ4n) is 2.72. The molecule has 0 unspecified atom stereocenters. The molecule has 3 aromatic rings. The molecule has 136 valence electrons. The summed E-state index contributed by atoms with van der Waals surface area (Å²) in [4.78, 5) is 17.9. The normalized spacial score (nSPS) is 11.0. The molecule has 0 aliphatic heterocycles. The Kier molecular flexibility index (Phi) is 6.66. The summed E-state index contributed by atoms with van der Waals surface area (Å²) in [6, 6.07) is 9.77. The van der Waals surface area contributed by atoms with E-state index in [0.717, 1.165) is 11.4 Å². The molecule has 5 nitrogen and oxygen atoms in total. The largest absolute Gasteiger partial charge is 0.322 e. The Morgan fingerprint density at radius 3 is 2.77 bits per heavy atom. The van der Waals surface area contributed by atoms with E-state index in [1.54, 1.807) is 29.2 Å². The van der Waals surface area contributed by atoms with Crippen molar-refractivity contribution in [2.45, 2.75) is 43.9 Å². The predicted molar refractivity (Wildman–Crippen MR) is 107 cm³/mol. The summed E-state index contributed by atoms with van der Waals surface area (Å²) in [5, 5.41) is 7.06. The van der Waals surface area contributed by atoms with Crippen LogP contribution in [0.2, 0.25) is 0 Å². The molecule has 3 rings (SSSR count). The molecule has 1 aromatic carbocycles. The second-order valence-electron chi connectivity index (χ2n) is 6.19. The third kappa shape index (κ3) is 4.85. The molecular weight excluding hydrogens is 344 g/mol. The summed E-state index contributed by atoms with van der Waals surface area (Å²) < 4.78 is 1.59. The zero-order valence-corrected chi connectivity index (χ0v) is 15.8. The summed E-state index contributed by atoms with van der Waals surface area (Å²) in [5.41, 5.74) is 1.80. The van der Waals surface area contributed by atoms with E-state index in [0.29, 0.717) is 11.2 Å². The maximum atomic E-state index is 12.5. The number of benzene rings is 1. The first-order chi connectivity index (χ1) is 12.8. The molecule has 0 spiro atoms. The minimum atomic E-state index is -0.199. The van der Waals surface area contributed by atoms with Crippen molar-refractivity contribution in [3.63, 3.8) is 0 Å². The van der Waals surface area contributed by atoms with Gasteiger partial charge in [-0.05, 0) is 42.5 Å². The lowest BCUT2D eigenvalue weighted by Gasteiger charge is -2.06. The second kappa shape index (κ2) is 9.38. The van der Waals surface area contributed by atoms with Gasteiger partial charge in [-0.15, -0.1) is 11.8 Å². The van der Waals surface area contributed by atoms with Gasteiger partial charge >= 0.3 is 0 Å². The number of carbonyl (C=O) groups excluding carboxylic acids is 1. The van der Waals surface area contributed by atoms with Crippen molar-refractivity contribution in [3.8, 4) is 0 Å². The van der Waals surface area contributed by atoms with Crippen LogP contribution in [-0.4, -0.2) is 26.3 Å². The number of fused-ring (bicyclic) bond motifs is 1. The molecule has 0 bridgehead atoms. The van der Waals surface area contributed by atoms with Crippen LogP contribution in [0.3, 0.4) is 0 Å². The van der Waals surface area contributed by atoms with Crippen molar-refractivity contribution in [3.05, 3.63) is 54.5 Å². The minimum absolute atomic E-state index is 0.199. The van der Waals surface area contributed by atoms with Crippen molar-refractivity contribution in [2.24, 2.45) is 0 Å². The Bertz CT molecular complexity index is 844. The maximum absolute atomic E-state index is 12.5. The number of aromatic nitrogens is 3. The van der Waals surface area contributed by atoms with Crippen LogP contribution in [0.5, 0.6) is 0 Å². The van der Waals surface area contributed by atoms with Crippen LogP contribution in [0, 0.1) is 0 Å². The van der Waals surface area contributed by atoms with E-state index in [1.165, 1.54) is 37.0 Å². The predicted octanol–water partition coefficient (Wildman–Crippen LogP) is 5.04. The minimum Gasteiger partial charge on any atom is -0.322 e. The highest BCUT2D eigenvalue weighted by Gasteiger charge is 2.13. The van der Waals surface area contributed by atoms with E-state index >= 15 is 0 Å². The van der Waals surface area contributed by atoms with Crippen LogP contribution in [0.4, 0.5) is 5.69 Å². The molecule has 1 amide bonds. The number of carbonyl (C=O) groups is 1. The van der Waals surface area contributed by atoms with Crippen LogP contribution < -0.4 is 5.32 Å². The van der Waals surface area contributed by atoms with Crippen LogP contribution in [0.25, 0.3) is 5.65 Å². The quantitative estimate of drug-likeness (QED) is 0.424. The first kappa shape index (κ1) is 18.5. The lowest BCUT2D eigenvalue weighted by molar-refractivity contribution is 0.102. The number of amides is 1. The highest BCUT2D eigenvalue weighted by Crippen LogP contribution is 2.22. The standard InChI is InChI=1S/C20H24N4OS/c1-2-3-4-5-6-14-26-17-10-8-16(9-11-17)23-20(25)18-15-22-24-13-7-12-21-19(18)24/h7-13,15H,2-6,14H2,1H3,(H,23,25). The molecule has 6 heteroatoms. The van der Waals surface area contributed by atoms with E-state index in [4.69, 9.17) is 0 Å². The third-order valence-corrected chi connectivity index (χ3v) is 5.25. The highest BCUT2D eigenvalue weighted by molar-refractivity contribution is 7.99. The average molecular weight is 369 g/mol. The van der Waals surface area contributed by atoms with Gasteiger partial charge in [0.25, 0.3) is 5.91 Å². The second-order valence-corrected chi connectivity index (χ2v) is 7.36. The van der Waals surface area contributed by atoms with E-state index < -0.39 is 0 Å². The van der Waals surface area contributed by atoms with E-state index in [-0.39, 0.29) is 5.91 Å². The molecule has 0 atom stereocenters. The van der Waals surface area contributed by atoms with Gasteiger partial charge in [-0.1, -0.05) is 32.6 Å². The first-order valence-corrected chi connectivity index (χ1v) is 10.1. The molecule has 0 saturated heterocycles. The van der Waals surface area contributed by atoms with Gasteiger partial charge in [0.05, 0.1) is 6.20 Å². The number of nitrogens with one attached hydrogen (secondary N) is 1. The molecule has 26 heavy (non-hydrogen) atoms. The van der Waals surface area contributed by atoms with Gasteiger partial charge in [0.1, 0.15) is 5.56 Å². The summed E-state index contributed by atoms with van der Waals surface area (Å²) in [5.74, 6) is 0.943. The number of anilines is 1. The van der Waals surface area contributed by atoms with Crippen LogP contribution >= 0.6 is 11.8 Å². The van der Waals surface area contributed by atoms with Gasteiger partial charge in [-0.25, -0.2) is 9.50 Å². The molecule has 2 heterocycles. The monoisotopic (exact) mass is 368 g/mol. The molecule has 2 aromatic heterocycles. The highest BCUT2D eigenvalue weighted by atomic mass is 32.2. The van der Waals surface area contributed by atoms with Crippen molar-refractivity contribution < 1.29 is 4.79 Å². The Morgan fingerprint density at radius 2 is 1.96 bits per heavy atom. The van der Waals surface area contributed by atoms with Crippen LogP contribution in [-0.2, 0) is 0 Å². The summed E-state index contributed by atoms with van der Waals surface area (Å²) in [6.07, 6.45) is 11.5. The zero-order valence-electron chi connectivity index (χ0n) is 15.0. The number of unbranched alkanes of at least 4 members (excludes halogenated alkanes) is 4. The number of thioether (sulfide) groups is 1. The van der Waals surface area contributed by atoms with Crippen molar-refractivity contribution in [2.75, 3.05) is 11.1 Å². The maximum Gasteiger partial charge on any atom is 0.261 e. The Morgan fingerprint density at radius 1 is 1.15 bits per heavy atom. The smallest absolute Gasteiger partial charge is 0.261 e.